The summed E-state index contributed by atoms with van der Waals surface area (Å²) in [5.41, 5.74) is 6.69. The molecule has 1 aromatic carbocycles. The molecule has 0 aliphatic rings. The number of likely N-dealkylation sites (N-methyl/N-ethyl adjacent to an activating group) is 1. The summed E-state index contributed by atoms with van der Waals surface area (Å²) in [4.78, 5) is 0.375. The molecular weight excluding hydrogens is 312 g/mol. The average Bonchev–Trinajstić information content (AvgIpc) is 2.38. The van der Waals surface area contributed by atoms with Crippen molar-refractivity contribution < 1.29 is 18.3 Å². The number of thiocarbonyl (C=S) groups is 1. The quantitative estimate of drug-likeness (QED) is 0.696. The van der Waals surface area contributed by atoms with Gasteiger partial charge in [0.1, 0.15) is 4.99 Å². The van der Waals surface area contributed by atoms with Gasteiger partial charge in [0.25, 0.3) is 0 Å². The van der Waals surface area contributed by atoms with Gasteiger partial charge in [0, 0.05) is 26.3 Å². The Hall–Kier alpha value is -1.06. The van der Waals surface area contributed by atoms with Crippen LogP contribution in [-0.2, 0) is 14.8 Å². The van der Waals surface area contributed by atoms with Crippen LogP contribution in [0.2, 0.25) is 0 Å². The fourth-order valence-electron chi connectivity index (χ4n) is 1.90. The summed E-state index contributed by atoms with van der Waals surface area (Å²) in [6.07, 6.45) is -0.883. The number of nitrogens with zero attached hydrogens (tertiary/aromatic N) is 1. The molecule has 1 rings (SSSR count). The molecule has 0 heterocycles. The van der Waals surface area contributed by atoms with Crippen LogP contribution in [0.15, 0.2) is 23.1 Å². The predicted molar refractivity (Wildman–Crippen MR) is 84.8 cm³/mol. The van der Waals surface area contributed by atoms with Gasteiger partial charge >= 0.3 is 0 Å². The summed E-state index contributed by atoms with van der Waals surface area (Å²) in [7, 11) is -0.839. The van der Waals surface area contributed by atoms with Gasteiger partial charge in [0.05, 0.1) is 17.6 Å². The Morgan fingerprint density at radius 3 is 2.62 bits per heavy atom. The number of nitrogens with two attached hydrogens (primary N) is 1. The molecule has 0 bridgehead atoms. The van der Waals surface area contributed by atoms with Gasteiger partial charge in [0.15, 0.2) is 0 Å². The Kier molecular flexibility index (Phi) is 6.24. The van der Waals surface area contributed by atoms with Gasteiger partial charge in [-0.2, -0.15) is 4.31 Å². The maximum absolute atomic E-state index is 12.5. The lowest BCUT2D eigenvalue weighted by molar-refractivity contribution is 0.0554. The van der Waals surface area contributed by atoms with Crippen molar-refractivity contribution in [2.45, 2.75) is 17.9 Å². The van der Waals surface area contributed by atoms with Crippen LogP contribution in [0.5, 0.6) is 0 Å². The van der Waals surface area contributed by atoms with Gasteiger partial charge in [-0.25, -0.2) is 8.42 Å². The lowest BCUT2D eigenvalue weighted by Gasteiger charge is -2.21. The summed E-state index contributed by atoms with van der Waals surface area (Å²) in [5.74, 6) is 0. The van der Waals surface area contributed by atoms with Gasteiger partial charge in [-0.3, -0.25) is 0 Å². The molecule has 0 aliphatic carbocycles. The molecule has 0 saturated carbocycles. The van der Waals surface area contributed by atoms with E-state index in [1.165, 1.54) is 20.2 Å². The lowest BCUT2D eigenvalue weighted by Crippen LogP contribution is -2.36. The van der Waals surface area contributed by atoms with Crippen molar-refractivity contribution in [2.75, 3.05) is 27.3 Å². The number of methoxy groups -OCH3 is 1. The van der Waals surface area contributed by atoms with Crippen LogP contribution in [0.3, 0.4) is 0 Å². The maximum Gasteiger partial charge on any atom is 0.243 e. The molecule has 1 atom stereocenters. The van der Waals surface area contributed by atoms with Crippen molar-refractivity contribution in [1.82, 2.24) is 4.31 Å². The molecule has 0 radical (unpaired) electrons. The summed E-state index contributed by atoms with van der Waals surface area (Å²) in [5, 5.41) is 9.65. The second-order valence-electron chi connectivity index (χ2n) is 4.74. The van der Waals surface area contributed by atoms with E-state index < -0.39 is 16.1 Å². The normalized spacial score (nSPS) is 13.4. The van der Waals surface area contributed by atoms with Crippen molar-refractivity contribution in [3.8, 4) is 0 Å². The molecule has 1 unspecified atom stereocenters. The summed E-state index contributed by atoms with van der Waals surface area (Å²) in [6.45, 7) is 1.69. The molecule has 0 aliphatic heterocycles. The molecule has 6 nitrogen and oxygen atoms in total. The van der Waals surface area contributed by atoms with E-state index in [2.05, 4.69) is 0 Å². The van der Waals surface area contributed by atoms with E-state index in [0.29, 0.717) is 11.1 Å². The van der Waals surface area contributed by atoms with Gasteiger partial charge in [0.2, 0.25) is 10.0 Å². The second kappa shape index (κ2) is 7.28. The van der Waals surface area contributed by atoms with Crippen LogP contribution >= 0.6 is 12.2 Å². The number of sulfonamides is 1. The first kappa shape index (κ1) is 18.0. The molecule has 1 aromatic rings. The van der Waals surface area contributed by atoms with Crippen LogP contribution in [0.25, 0.3) is 0 Å². The van der Waals surface area contributed by atoms with Gasteiger partial charge < -0.3 is 15.6 Å². The molecule has 3 N–H and O–H groups in total. The monoisotopic (exact) mass is 332 g/mol. The highest BCUT2D eigenvalue weighted by atomic mass is 32.2. The van der Waals surface area contributed by atoms with Crippen LogP contribution in [0, 0.1) is 6.92 Å². The number of aliphatic hydroxyl groups excluding tert-OH is 1. The Bertz CT molecular complexity index is 617. The lowest BCUT2D eigenvalue weighted by atomic mass is 10.1. The van der Waals surface area contributed by atoms with E-state index in [1.807, 2.05) is 0 Å². The Labute approximate surface area is 130 Å². The number of hydrogen-bond acceptors (Lipinski definition) is 5. The molecular formula is C13H20N2O4S2. The smallest absolute Gasteiger partial charge is 0.243 e. The van der Waals surface area contributed by atoms with Crippen LogP contribution in [0.1, 0.15) is 11.1 Å². The fourth-order valence-corrected chi connectivity index (χ4v) is 3.44. The predicted octanol–water partition coefficient (Wildman–Crippen LogP) is 0.257. The topological polar surface area (TPSA) is 92.9 Å². The zero-order chi connectivity index (χ0) is 16.2. The highest BCUT2D eigenvalue weighted by Crippen LogP contribution is 2.20. The molecule has 8 heteroatoms. The van der Waals surface area contributed by atoms with Gasteiger partial charge in [-0.1, -0.05) is 18.3 Å². The molecule has 21 heavy (non-hydrogen) atoms. The minimum Gasteiger partial charge on any atom is -0.389 e. The first-order valence-corrected chi connectivity index (χ1v) is 8.08. The Morgan fingerprint density at radius 1 is 1.52 bits per heavy atom. The number of hydrogen-bond donors (Lipinski definition) is 2. The highest BCUT2D eigenvalue weighted by Gasteiger charge is 2.24. The number of aryl methyl sites for hydroxylation is 1. The van der Waals surface area contributed by atoms with Crippen molar-refractivity contribution in [3.63, 3.8) is 0 Å². The summed E-state index contributed by atoms with van der Waals surface area (Å²) < 4.78 is 30.9. The molecule has 118 valence electrons. The number of rotatable bonds is 7. The number of benzene rings is 1. The highest BCUT2D eigenvalue weighted by molar-refractivity contribution is 7.89. The minimum absolute atomic E-state index is 0.0489. The standard InChI is InChI=1S/C13H20N2O4S2/c1-9-6-10(13(14)20)4-5-12(9)21(17,18)15(2)7-11(16)8-19-3/h4-6,11,16H,7-8H2,1-3H3,(H2,14,20). The first-order valence-electron chi connectivity index (χ1n) is 6.24. The average molecular weight is 332 g/mol. The van der Waals surface area contributed by atoms with Gasteiger partial charge in [-0.15, -0.1) is 0 Å². The van der Waals surface area contributed by atoms with E-state index in [0.717, 1.165) is 4.31 Å². The van der Waals surface area contributed by atoms with Gasteiger partial charge in [-0.05, 0) is 24.6 Å². The van der Waals surface area contributed by atoms with Crippen LogP contribution in [0.4, 0.5) is 0 Å². The summed E-state index contributed by atoms with van der Waals surface area (Å²) >= 11 is 4.87. The third-order valence-corrected chi connectivity index (χ3v) is 5.19. The number of aliphatic hydroxyl groups is 1. The van der Waals surface area contributed by atoms with Crippen LogP contribution in [-0.4, -0.2) is 56.2 Å². The maximum atomic E-state index is 12.5. The van der Waals surface area contributed by atoms with Crippen molar-refractivity contribution in [2.24, 2.45) is 5.73 Å². The zero-order valence-corrected chi connectivity index (χ0v) is 13.9. The van der Waals surface area contributed by atoms with E-state index in [4.69, 9.17) is 22.7 Å². The second-order valence-corrected chi connectivity index (χ2v) is 7.19. The van der Waals surface area contributed by atoms with Crippen molar-refractivity contribution in [3.05, 3.63) is 29.3 Å². The largest absolute Gasteiger partial charge is 0.389 e. The van der Waals surface area contributed by atoms with Crippen molar-refractivity contribution in [1.29, 1.82) is 0 Å². The fraction of sp³-hybridized carbons (Fsp3) is 0.462. The molecule has 0 spiro atoms. The molecule has 0 aromatic heterocycles. The van der Waals surface area contributed by atoms with E-state index in [-0.39, 0.29) is 23.0 Å². The first-order chi connectivity index (χ1) is 9.70. The zero-order valence-electron chi connectivity index (χ0n) is 12.2. The third-order valence-electron chi connectivity index (χ3n) is 2.97. The van der Waals surface area contributed by atoms with Crippen LogP contribution < -0.4 is 5.73 Å². The van der Waals surface area contributed by atoms with E-state index >= 15 is 0 Å². The molecule has 0 fully saturated rings. The third kappa shape index (κ3) is 4.45. The van der Waals surface area contributed by atoms with E-state index in [1.54, 1.807) is 19.1 Å². The Morgan fingerprint density at radius 2 is 2.14 bits per heavy atom. The number of ether oxygens (including phenoxy) is 1. The van der Waals surface area contributed by atoms with Crippen molar-refractivity contribution >= 4 is 27.2 Å². The Balaban J connectivity index is 3.05. The molecule has 0 saturated heterocycles. The van der Waals surface area contributed by atoms with E-state index in [9.17, 15) is 13.5 Å². The minimum atomic E-state index is -3.69. The summed E-state index contributed by atoms with van der Waals surface area (Å²) in [6, 6.07) is 4.68. The molecule has 0 amide bonds. The SMILES string of the molecule is COCC(O)CN(C)S(=O)(=O)c1ccc(C(N)=S)cc1C.